The summed E-state index contributed by atoms with van der Waals surface area (Å²) in [5.74, 6) is 0.598. The first-order valence-corrected chi connectivity index (χ1v) is 9.88. The van der Waals surface area contributed by atoms with Crippen molar-refractivity contribution in [3.05, 3.63) is 0 Å². The van der Waals surface area contributed by atoms with Crippen molar-refractivity contribution < 1.29 is 28.8 Å². The predicted molar refractivity (Wildman–Crippen MR) is 88.8 cm³/mol. The van der Waals surface area contributed by atoms with Gasteiger partial charge in [0.25, 0.3) is 0 Å². The summed E-state index contributed by atoms with van der Waals surface area (Å²) in [6.07, 6.45) is 7.21. The molecule has 0 rings (SSSR count). The Morgan fingerprint density at radius 3 is 2.22 bits per heavy atom. The van der Waals surface area contributed by atoms with E-state index in [4.69, 9.17) is 9.79 Å². The molecule has 0 bridgehead atoms. The summed E-state index contributed by atoms with van der Waals surface area (Å²) in [5.41, 5.74) is 0. The van der Waals surface area contributed by atoms with E-state index >= 15 is 0 Å². The van der Waals surface area contributed by atoms with Crippen molar-refractivity contribution in [3.8, 4) is 0 Å². The van der Waals surface area contributed by atoms with Crippen LogP contribution in [0.3, 0.4) is 0 Å². The summed E-state index contributed by atoms with van der Waals surface area (Å²) in [6.45, 7) is 3.87. The quantitative estimate of drug-likeness (QED) is 0.281. The maximum Gasteiger partial charge on any atom is 0.469 e. The Bertz CT molecular complexity index is 358. The smallest absolute Gasteiger partial charge is 0.389 e. The number of carbonyl (C=O) groups is 1. The van der Waals surface area contributed by atoms with Crippen molar-refractivity contribution in [2.45, 2.75) is 71.3 Å². The Morgan fingerprint density at radius 2 is 1.65 bits per heavy atom. The van der Waals surface area contributed by atoms with Crippen LogP contribution in [0.15, 0.2) is 0 Å². The standard InChI is InChI=1S/C15H32NO6P/c1-13(2)9-7-5-3-4-6-8-10-15(18)16-11-14(17)12-22-23(19,20)21/h13-14,17H,3-12H2,1-2H3,(H,16,18)(H2,19,20,21). The molecule has 0 spiro atoms. The Labute approximate surface area is 139 Å². The Morgan fingerprint density at radius 1 is 1.09 bits per heavy atom. The van der Waals surface area contributed by atoms with Crippen LogP contribution in [-0.2, 0) is 13.9 Å². The summed E-state index contributed by atoms with van der Waals surface area (Å²) < 4.78 is 14.6. The molecule has 0 saturated carbocycles. The third kappa shape index (κ3) is 17.7. The van der Waals surface area contributed by atoms with Gasteiger partial charge in [-0.1, -0.05) is 52.4 Å². The maximum atomic E-state index is 11.5. The van der Waals surface area contributed by atoms with Crippen molar-refractivity contribution in [1.29, 1.82) is 0 Å². The van der Waals surface area contributed by atoms with E-state index in [2.05, 4.69) is 23.7 Å². The number of amides is 1. The van der Waals surface area contributed by atoms with Crippen molar-refractivity contribution in [3.63, 3.8) is 0 Å². The molecule has 0 fully saturated rings. The topological polar surface area (TPSA) is 116 Å². The van der Waals surface area contributed by atoms with Gasteiger partial charge < -0.3 is 20.2 Å². The summed E-state index contributed by atoms with van der Waals surface area (Å²) in [7, 11) is -4.58. The fourth-order valence-corrected chi connectivity index (χ4v) is 2.47. The average molecular weight is 353 g/mol. The number of phosphoric ester groups is 1. The molecule has 23 heavy (non-hydrogen) atoms. The van der Waals surface area contributed by atoms with Gasteiger partial charge in [0, 0.05) is 13.0 Å². The van der Waals surface area contributed by atoms with E-state index in [0.717, 1.165) is 25.2 Å². The monoisotopic (exact) mass is 353 g/mol. The lowest BCUT2D eigenvalue weighted by Gasteiger charge is -2.12. The number of hydrogen-bond donors (Lipinski definition) is 4. The molecule has 0 aliphatic carbocycles. The molecule has 4 N–H and O–H groups in total. The summed E-state index contributed by atoms with van der Waals surface area (Å²) in [4.78, 5) is 28.5. The van der Waals surface area contributed by atoms with Crippen LogP contribution in [0.25, 0.3) is 0 Å². The molecule has 0 aliphatic heterocycles. The molecule has 0 aromatic carbocycles. The van der Waals surface area contributed by atoms with Crippen LogP contribution < -0.4 is 5.32 Å². The third-order valence-corrected chi connectivity index (χ3v) is 3.89. The Hall–Kier alpha value is -0.460. The van der Waals surface area contributed by atoms with Gasteiger partial charge in [-0.2, -0.15) is 0 Å². The highest BCUT2D eigenvalue weighted by Gasteiger charge is 2.17. The lowest BCUT2D eigenvalue weighted by Crippen LogP contribution is -2.34. The molecule has 8 heteroatoms. The molecule has 0 aromatic rings. The number of phosphoric acid groups is 1. The third-order valence-electron chi connectivity index (χ3n) is 3.41. The maximum absolute atomic E-state index is 11.5. The van der Waals surface area contributed by atoms with E-state index in [9.17, 15) is 14.5 Å². The largest absolute Gasteiger partial charge is 0.469 e. The molecule has 0 saturated heterocycles. The van der Waals surface area contributed by atoms with Crippen molar-refractivity contribution in [2.24, 2.45) is 5.92 Å². The SMILES string of the molecule is CC(C)CCCCCCCCC(=O)NCC(O)COP(=O)(O)O. The molecule has 1 atom stereocenters. The van der Waals surface area contributed by atoms with E-state index in [1.807, 2.05) is 0 Å². The van der Waals surface area contributed by atoms with Gasteiger partial charge in [0.05, 0.1) is 12.7 Å². The summed E-state index contributed by atoms with van der Waals surface area (Å²) in [6, 6.07) is 0. The minimum atomic E-state index is -4.58. The van der Waals surface area contributed by atoms with Gasteiger partial charge in [-0.15, -0.1) is 0 Å². The average Bonchev–Trinajstić information content (AvgIpc) is 2.44. The molecular formula is C15H32NO6P. The normalized spacial score (nSPS) is 13.3. The van der Waals surface area contributed by atoms with Crippen molar-refractivity contribution in [1.82, 2.24) is 5.32 Å². The van der Waals surface area contributed by atoms with E-state index in [-0.39, 0.29) is 12.5 Å². The molecule has 0 radical (unpaired) electrons. The summed E-state index contributed by atoms with van der Waals surface area (Å²) >= 11 is 0. The van der Waals surface area contributed by atoms with Gasteiger partial charge in [-0.05, 0) is 12.3 Å². The first-order valence-electron chi connectivity index (χ1n) is 8.35. The zero-order valence-electron chi connectivity index (χ0n) is 14.2. The number of aliphatic hydroxyl groups is 1. The highest BCUT2D eigenvalue weighted by atomic mass is 31.2. The Kier molecular flexibility index (Phi) is 12.6. The van der Waals surface area contributed by atoms with Gasteiger partial charge >= 0.3 is 7.82 Å². The fraction of sp³-hybridized carbons (Fsp3) is 0.933. The van der Waals surface area contributed by atoms with Gasteiger partial charge in [0.2, 0.25) is 5.91 Å². The lowest BCUT2D eigenvalue weighted by atomic mass is 10.0. The molecule has 0 aliphatic rings. The minimum absolute atomic E-state index is 0.0754. The van der Waals surface area contributed by atoms with Crippen LogP contribution in [0.2, 0.25) is 0 Å². The zero-order chi connectivity index (χ0) is 17.7. The predicted octanol–water partition coefficient (Wildman–Crippen LogP) is 2.35. The second-order valence-corrected chi connectivity index (χ2v) is 7.54. The number of carbonyl (C=O) groups excluding carboxylic acids is 1. The van der Waals surface area contributed by atoms with Crippen molar-refractivity contribution >= 4 is 13.7 Å². The van der Waals surface area contributed by atoms with Gasteiger partial charge in [0.15, 0.2) is 0 Å². The van der Waals surface area contributed by atoms with Crippen LogP contribution in [0, 0.1) is 5.92 Å². The van der Waals surface area contributed by atoms with E-state index in [1.54, 1.807) is 0 Å². The first-order chi connectivity index (χ1) is 10.7. The second kappa shape index (κ2) is 12.9. The number of hydrogen-bond acceptors (Lipinski definition) is 4. The number of unbranched alkanes of at least 4 members (excludes halogenated alkanes) is 5. The highest BCUT2D eigenvalue weighted by molar-refractivity contribution is 7.46. The van der Waals surface area contributed by atoms with E-state index < -0.39 is 20.5 Å². The van der Waals surface area contributed by atoms with Crippen LogP contribution in [-0.4, -0.2) is 40.1 Å². The molecule has 1 unspecified atom stereocenters. The fourth-order valence-electron chi connectivity index (χ4n) is 2.11. The molecule has 1 amide bonds. The first kappa shape index (κ1) is 22.5. The molecular weight excluding hydrogens is 321 g/mol. The van der Waals surface area contributed by atoms with E-state index in [0.29, 0.717) is 6.42 Å². The molecule has 0 aromatic heterocycles. The van der Waals surface area contributed by atoms with Gasteiger partial charge in [-0.3, -0.25) is 9.32 Å². The van der Waals surface area contributed by atoms with E-state index in [1.165, 1.54) is 25.7 Å². The second-order valence-electron chi connectivity index (χ2n) is 6.30. The number of nitrogens with one attached hydrogen (secondary N) is 1. The molecule has 0 heterocycles. The van der Waals surface area contributed by atoms with Crippen LogP contribution >= 0.6 is 7.82 Å². The van der Waals surface area contributed by atoms with Crippen LogP contribution in [0.5, 0.6) is 0 Å². The van der Waals surface area contributed by atoms with Crippen LogP contribution in [0.1, 0.15) is 65.2 Å². The van der Waals surface area contributed by atoms with Crippen LogP contribution in [0.4, 0.5) is 0 Å². The minimum Gasteiger partial charge on any atom is -0.389 e. The van der Waals surface area contributed by atoms with Gasteiger partial charge in [-0.25, -0.2) is 4.57 Å². The molecule has 138 valence electrons. The molecule has 7 nitrogen and oxygen atoms in total. The van der Waals surface area contributed by atoms with Gasteiger partial charge in [0.1, 0.15) is 0 Å². The van der Waals surface area contributed by atoms with Crippen molar-refractivity contribution in [2.75, 3.05) is 13.2 Å². The highest BCUT2D eigenvalue weighted by Crippen LogP contribution is 2.35. The Balaban J connectivity index is 3.45. The lowest BCUT2D eigenvalue weighted by molar-refractivity contribution is -0.121. The number of rotatable bonds is 14. The zero-order valence-corrected chi connectivity index (χ0v) is 15.1. The summed E-state index contributed by atoms with van der Waals surface area (Å²) in [5, 5.41) is 11.9. The number of aliphatic hydroxyl groups excluding tert-OH is 1.